The summed E-state index contributed by atoms with van der Waals surface area (Å²) < 4.78 is 0. The van der Waals surface area contributed by atoms with Crippen LogP contribution >= 0.6 is 0 Å². The summed E-state index contributed by atoms with van der Waals surface area (Å²) in [5.41, 5.74) is -0.991. The molecule has 0 bridgehead atoms. The molecular weight excluding hydrogens is 228 g/mol. The van der Waals surface area contributed by atoms with Gasteiger partial charge in [0.05, 0.1) is 0 Å². The smallest absolute Gasteiger partial charge is 0.237 e. The van der Waals surface area contributed by atoms with Gasteiger partial charge in [-0.05, 0) is 40.5 Å². The molecule has 0 spiro atoms. The Balaban J connectivity index is 4.83. The first kappa shape index (κ1) is 16.9. The molecule has 0 saturated heterocycles. The maximum atomic E-state index is 12.4. The molecule has 0 atom stereocenters. The molecule has 4 nitrogen and oxygen atoms in total. The van der Waals surface area contributed by atoms with Crippen molar-refractivity contribution in [3.8, 4) is 0 Å². The van der Waals surface area contributed by atoms with Gasteiger partial charge in [0.25, 0.3) is 0 Å². The fraction of sp³-hybridized carbons (Fsp3) is 0.857. The molecule has 0 aliphatic carbocycles. The molecule has 2 amide bonds. The summed E-state index contributed by atoms with van der Waals surface area (Å²) in [6, 6.07) is 0.0513. The molecule has 106 valence electrons. The van der Waals surface area contributed by atoms with Crippen LogP contribution in [0.2, 0.25) is 0 Å². The van der Waals surface area contributed by atoms with Crippen molar-refractivity contribution in [2.45, 2.75) is 60.4 Å². The molecule has 0 fully saturated rings. The molecule has 0 rings (SSSR count). The van der Waals surface area contributed by atoms with E-state index in [0.717, 1.165) is 12.8 Å². The minimum Gasteiger partial charge on any atom is -0.353 e. The summed E-state index contributed by atoms with van der Waals surface area (Å²) in [7, 11) is 0. The molecule has 18 heavy (non-hydrogen) atoms. The van der Waals surface area contributed by atoms with Gasteiger partial charge in [0, 0.05) is 19.1 Å². The second-order valence-corrected chi connectivity index (χ2v) is 5.55. The van der Waals surface area contributed by atoms with E-state index in [9.17, 15) is 9.59 Å². The van der Waals surface area contributed by atoms with Crippen molar-refractivity contribution >= 4 is 11.8 Å². The third kappa shape index (κ3) is 4.67. The second kappa shape index (κ2) is 7.39. The van der Waals surface area contributed by atoms with E-state index in [0.29, 0.717) is 13.1 Å². The van der Waals surface area contributed by atoms with Crippen LogP contribution in [0.25, 0.3) is 0 Å². The Hall–Kier alpha value is -1.06. The molecule has 0 radical (unpaired) electrons. The zero-order valence-electron chi connectivity index (χ0n) is 12.7. The van der Waals surface area contributed by atoms with Crippen LogP contribution < -0.4 is 5.32 Å². The molecule has 0 heterocycles. The van der Waals surface area contributed by atoms with Crippen molar-refractivity contribution in [3.63, 3.8) is 0 Å². The van der Waals surface area contributed by atoms with E-state index in [1.807, 2.05) is 27.7 Å². The van der Waals surface area contributed by atoms with Crippen LogP contribution in [0, 0.1) is 5.41 Å². The van der Waals surface area contributed by atoms with Gasteiger partial charge < -0.3 is 10.2 Å². The van der Waals surface area contributed by atoms with Crippen molar-refractivity contribution < 1.29 is 9.59 Å². The van der Waals surface area contributed by atoms with E-state index in [2.05, 4.69) is 5.32 Å². The fourth-order valence-electron chi connectivity index (χ4n) is 1.79. The molecule has 0 unspecified atom stereocenters. The predicted molar refractivity (Wildman–Crippen MR) is 74.2 cm³/mol. The number of nitrogens with zero attached hydrogens (tertiary/aromatic N) is 1. The van der Waals surface area contributed by atoms with E-state index in [1.165, 1.54) is 0 Å². The van der Waals surface area contributed by atoms with Gasteiger partial charge in [0.1, 0.15) is 5.41 Å². The minimum atomic E-state index is -0.991. The Kier molecular flexibility index (Phi) is 6.96. The number of rotatable bonds is 7. The lowest BCUT2D eigenvalue weighted by atomic mass is 9.89. The molecule has 0 saturated carbocycles. The first-order chi connectivity index (χ1) is 8.27. The topological polar surface area (TPSA) is 49.4 Å². The van der Waals surface area contributed by atoms with Crippen LogP contribution in [0.3, 0.4) is 0 Å². The summed E-state index contributed by atoms with van der Waals surface area (Å²) in [5, 5.41) is 2.82. The summed E-state index contributed by atoms with van der Waals surface area (Å²) in [6.07, 6.45) is 1.82. The van der Waals surface area contributed by atoms with E-state index < -0.39 is 5.41 Å². The molecule has 0 aromatic heterocycles. The van der Waals surface area contributed by atoms with Gasteiger partial charge in [-0.15, -0.1) is 0 Å². The molecule has 0 aliphatic rings. The average Bonchev–Trinajstić information content (AvgIpc) is 2.26. The van der Waals surface area contributed by atoms with Gasteiger partial charge >= 0.3 is 0 Å². The van der Waals surface area contributed by atoms with Gasteiger partial charge in [-0.3, -0.25) is 9.59 Å². The molecular formula is C14H28N2O2. The van der Waals surface area contributed by atoms with E-state index in [-0.39, 0.29) is 17.9 Å². The van der Waals surface area contributed by atoms with Gasteiger partial charge in [0.2, 0.25) is 11.8 Å². The highest BCUT2D eigenvalue weighted by atomic mass is 16.2. The maximum Gasteiger partial charge on any atom is 0.237 e. The van der Waals surface area contributed by atoms with Crippen LogP contribution in [0.1, 0.15) is 54.4 Å². The molecule has 0 aliphatic heterocycles. The third-order valence-corrected chi connectivity index (χ3v) is 2.80. The van der Waals surface area contributed by atoms with Crippen LogP contribution in [-0.2, 0) is 9.59 Å². The minimum absolute atomic E-state index is 0.0513. The number of carbonyl (C=O) groups is 2. The number of hydrogen-bond donors (Lipinski definition) is 1. The van der Waals surface area contributed by atoms with Crippen molar-refractivity contribution in [2.24, 2.45) is 5.41 Å². The predicted octanol–water partition coefficient (Wildman–Crippen LogP) is 2.19. The first-order valence-corrected chi connectivity index (χ1v) is 6.87. The van der Waals surface area contributed by atoms with Crippen LogP contribution in [0.4, 0.5) is 0 Å². The quantitative estimate of drug-likeness (QED) is 0.710. The Labute approximate surface area is 111 Å². The van der Waals surface area contributed by atoms with Crippen LogP contribution in [-0.4, -0.2) is 35.8 Å². The van der Waals surface area contributed by atoms with Gasteiger partial charge in [0.15, 0.2) is 0 Å². The second-order valence-electron chi connectivity index (χ2n) is 5.55. The monoisotopic (exact) mass is 256 g/mol. The van der Waals surface area contributed by atoms with E-state index in [4.69, 9.17) is 0 Å². The zero-order valence-corrected chi connectivity index (χ0v) is 12.7. The Morgan fingerprint density at radius 3 is 1.89 bits per heavy atom. The van der Waals surface area contributed by atoms with Gasteiger partial charge in [-0.2, -0.15) is 0 Å². The Bertz CT molecular complexity index is 280. The summed E-state index contributed by atoms with van der Waals surface area (Å²) in [5.74, 6) is -0.274. The summed E-state index contributed by atoms with van der Waals surface area (Å²) in [4.78, 5) is 26.3. The molecule has 0 aromatic rings. The third-order valence-electron chi connectivity index (χ3n) is 2.80. The first-order valence-electron chi connectivity index (χ1n) is 6.87. The standard InChI is InChI=1S/C14H28N2O2/c1-7-9-16(10-8-2)13(18)14(5,6)12(17)15-11(3)4/h11H,7-10H2,1-6H3,(H,15,17). The van der Waals surface area contributed by atoms with E-state index in [1.54, 1.807) is 18.7 Å². The summed E-state index contributed by atoms with van der Waals surface area (Å²) >= 11 is 0. The Morgan fingerprint density at radius 1 is 1.11 bits per heavy atom. The fourth-order valence-corrected chi connectivity index (χ4v) is 1.79. The zero-order chi connectivity index (χ0) is 14.3. The SMILES string of the molecule is CCCN(CCC)C(=O)C(C)(C)C(=O)NC(C)C. The number of amides is 2. The largest absolute Gasteiger partial charge is 0.353 e. The normalized spacial score (nSPS) is 11.5. The number of hydrogen-bond acceptors (Lipinski definition) is 2. The summed E-state index contributed by atoms with van der Waals surface area (Å²) in [6.45, 7) is 12.7. The van der Waals surface area contributed by atoms with Gasteiger partial charge in [-0.1, -0.05) is 13.8 Å². The lowest BCUT2D eigenvalue weighted by molar-refractivity contribution is -0.148. The molecule has 4 heteroatoms. The van der Waals surface area contributed by atoms with Crippen LogP contribution in [0.5, 0.6) is 0 Å². The van der Waals surface area contributed by atoms with Crippen molar-refractivity contribution in [3.05, 3.63) is 0 Å². The average molecular weight is 256 g/mol. The van der Waals surface area contributed by atoms with Crippen LogP contribution in [0.15, 0.2) is 0 Å². The highest BCUT2D eigenvalue weighted by Gasteiger charge is 2.38. The lowest BCUT2D eigenvalue weighted by Gasteiger charge is -2.31. The van der Waals surface area contributed by atoms with E-state index >= 15 is 0 Å². The molecule has 0 aromatic carbocycles. The highest BCUT2D eigenvalue weighted by Crippen LogP contribution is 2.20. The lowest BCUT2D eigenvalue weighted by Crippen LogP contribution is -2.51. The van der Waals surface area contributed by atoms with Crippen molar-refractivity contribution in [1.29, 1.82) is 0 Å². The van der Waals surface area contributed by atoms with Crippen molar-refractivity contribution in [2.75, 3.05) is 13.1 Å². The van der Waals surface area contributed by atoms with Gasteiger partial charge in [-0.25, -0.2) is 0 Å². The maximum absolute atomic E-state index is 12.4. The number of carbonyl (C=O) groups excluding carboxylic acids is 2. The Morgan fingerprint density at radius 2 is 1.56 bits per heavy atom. The number of nitrogens with one attached hydrogen (secondary N) is 1. The molecule has 1 N–H and O–H groups in total. The van der Waals surface area contributed by atoms with Crippen molar-refractivity contribution in [1.82, 2.24) is 10.2 Å². The highest BCUT2D eigenvalue weighted by molar-refractivity contribution is 6.04.